The van der Waals surface area contributed by atoms with E-state index >= 15 is 0 Å². The molecule has 0 aliphatic carbocycles. The van der Waals surface area contributed by atoms with Crippen LogP contribution in [0.1, 0.15) is 30.9 Å². The SMILES string of the molecule is C=Cc1c(B(O)O)cc(F)c(F)c1F.C=Cc1c(Br)cc(F)c(F)c1F.COB(OC)OC.[CH2-]CCC.[Li+]. The summed E-state index contributed by atoms with van der Waals surface area (Å²) in [5, 5.41) is 17.5. The first-order chi connectivity index (χ1) is 17.3. The third-order valence-electron chi connectivity index (χ3n) is 4.00. The molecule has 2 aromatic rings. The van der Waals surface area contributed by atoms with E-state index < -0.39 is 60.4 Å². The topological polar surface area (TPSA) is 68.2 Å². The van der Waals surface area contributed by atoms with Gasteiger partial charge in [-0.15, -0.1) is 0 Å². The van der Waals surface area contributed by atoms with E-state index in [-0.39, 0.29) is 28.9 Å². The van der Waals surface area contributed by atoms with Crippen LogP contribution >= 0.6 is 15.9 Å². The third kappa shape index (κ3) is 13.5. The Morgan fingerprint density at radius 2 is 1.21 bits per heavy atom. The maximum absolute atomic E-state index is 13.0. The smallest absolute Gasteiger partial charge is 0.423 e. The molecule has 0 fully saturated rings. The fourth-order valence-corrected chi connectivity index (χ4v) is 2.64. The van der Waals surface area contributed by atoms with Crippen LogP contribution in [0.3, 0.4) is 0 Å². The summed E-state index contributed by atoms with van der Waals surface area (Å²) in [6.07, 6.45) is 4.27. The zero-order valence-corrected chi connectivity index (χ0v) is 23.4. The molecule has 0 heterocycles. The van der Waals surface area contributed by atoms with E-state index in [0.29, 0.717) is 6.07 Å². The Hall–Kier alpha value is -1.49. The maximum atomic E-state index is 13.0. The molecule has 0 saturated heterocycles. The molecule has 0 atom stereocenters. The molecular formula is C23H28B2BrF6LiO5. The van der Waals surface area contributed by atoms with Crippen molar-refractivity contribution in [2.45, 2.75) is 19.8 Å². The van der Waals surface area contributed by atoms with E-state index in [0.717, 1.165) is 24.6 Å². The van der Waals surface area contributed by atoms with Crippen LogP contribution in [0.5, 0.6) is 0 Å². The van der Waals surface area contributed by atoms with Gasteiger partial charge >= 0.3 is 33.3 Å². The number of hydrogen-bond donors (Lipinski definition) is 2. The number of rotatable bonds is 7. The van der Waals surface area contributed by atoms with Crippen molar-refractivity contribution in [3.8, 4) is 0 Å². The Bertz CT molecular complexity index is 994. The number of halogens is 7. The second-order valence-electron chi connectivity index (χ2n) is 6.50. The Balaban J connectivity index is -0.000000464. The van der Waals surface area contributed by atoms with Crippen molar-refractivity contribution in [2.24, 2.45) is 0 Å². The molecule has 0 saturated carbocycles. The minimum Gasteiger partial charge on any atom is -0.423 e. The van der Waals surface area contributed by atoms with E-state index in [1.807, 2.05) is 0 Å². The van der Waals surface area contributed by atoms with Crippen molar-refractivity contribution in [1.82, 2.24) is 0 Å². The monoisotopic (exact) mass is 606 g/mol. The van der Waals surface area contributed by atoms with Gasteiger partial charge in [0.1, 0.15) is 0 Å². The summed E-state index contributed by atoms with van der Waals surface area (Å²) < 4.78 is 90.1. The van der Waals surface area contributed by atoms with Gasteiger partial charge in [0, 0.05) is 36.9 Å². The largest absolute Gasteiger partial charge is 1.00 e. The summed E-state index contributed by atoms with van der Waals surface area (Å²) in [7, 11) is 1.94. The predicted molar refractivity (Wildman–Crippen MR) is 137 cm³/mol. The molecule has 0 amide bonds. The van der Waals surface area contributed by atoms with E-state index in [1.165, 1.54) is 27.8 Å². The normalized spacial score (nSPS) is 9.32. The summed E-state index contributed by atoms with van der Waals surface area (Å²) in [6.45, 7) is 12.1. The first-order valence-corrected chi connectivity index (χ1v) is 11.1. The van der Waals surface area contributed by atoms with Gasteiger partial charge in [0.25, 0.3) is 0 Å². The Morgan fingerprint density at radius 3 is 1.50 bits per heavy atom. The molecule has 0 aromatic heterocycles. The molecule has 206 valence electrons. The average molecular weight is 607 g/mol. The minimum atomic E-state index is -2.08. The van der Waals surface area contributed by atoms with Crippen LogP contribution in [0, 0.1) is 41.8 Å². The van der Waals surface area contributed by atoms with Crippen LogP contribution in [-0.2, 0) is 14.0 Å². The van der Waals surface area contributed by atoms with Gasteiger partial charge in [0.2, 0.25) is 0 Å². The summed E-state index contributed by atoms with van der Waals surface area (Å²) >= 11 is 2.87. The van der Waals surface area contributed by atoms with Crippen LogP contribution in [0.15, 0.2) is 29.8 Å². The molecule has 2 rings (SSSR count). The summed E-state index contributed by atoms with van der Waals surface area (Å²) in [6, 6.07) is 1.37. The standard InChI is InChI=1S/C8H6BF3O2.C8H4BrF3.C4H9.C3H9BO3.Li/c1-2-4-5(9(13)14)3-6(10)8(12)7(4)11;1-2-4-5(9)3-6(10)8(12)7(4)11;1-3-4-2;1-5-4(6-2)7-3;/h2-3,13-14H,1H2;2-3H,1H2;1,3-4H2,2H3;1-3H3;/q;;-1;;+1. The van der Waals surface area contributed by atoms with Crippen molar-refractivity contribution < 1.29 is 69.2 Å². The van der Waals surface area contributed by atoms with Gasteiger partial charge in [-0.05, 0) is 33.5 Å². The van der Waals surface area contributed by atoms with Crippen LogP contribution in [-0.4, -0.2) is 45.8 Å². The molecular weight excluding hydrogens is 579 g/mol. The molecule has 0 spiro atoms. The van der Waals surface area contributed by atoms with Gasteiger partial charge < -0.3 is 30.9 Å². The van der Waals surface area contributed by atoms with Crippen molar-refractivity contribution >= 4 is 48.0 Å². The quantitative estimate of drug-likeness (QED) is 0.167. The van der Waals surface area contributed by atoms with Gasteiger partial charge in [-0.1, -0.05) is 38.7 Å². The fourth-order valence-electron chi connectivity index (χ4n) is 2.10. The van der Waals surface area contributed by atoms with Gasteiger partial charge in [0.05, 0.1) is 0 Å². The van der Waals surface area contributed by atoms with Crippen LogP contribution in [0.25, 0.3) is 12.2 Å². The number of benzene rings is 2. The van der Waals surface area contributed by atoms with Crippen LogP contribution in [0.4, 0.5) is 26.3 Å². The van der Waals surface area contributed by atoms with Crippen molar-refractivity contribution in [2.75, 3.05) is 21.3 Å². The van der Waals surface area contributed by atoms with Gasteiger partial charge in [-0.25, -0.2) is 26.3 Å². The van der Waals surface area contributed by atoms with Crippen LogP contribution < -0.4 is 24.3 Å². The molecule has 0 unspecified atom stereocenters. The zero-order valence-electron chi connectivity index (χ0n) is 21.8. The number of unbranched alkanes of at least 4 members (excludes halogenated alkanes) is 1. The van der Waals surface area contributed by atoms with Crippen molar-refractivity contribution in [1.29, 1.82) is 0 Å². The van der Waals surface area contributed by atoms with Crippen molar-refractivity contribution in [3.05, 3.63) is 82.7 Å². The van der Waals surface area contributed by atoms with E-state index in [1.54, 1.807) is 0 Å². The molecule has 38 heavy (non-hydrogen) atoms. The van der Waals surface area contributed by atoms with Gasteiger partial charge in [0.15, 0.2) is 34.9 Å². The summed E-state index contributed by atoms with van der Waals surface area (Å²) in [4.78, 5) is 0. The number of hydrogen-bond acceptors (Lipinski definition) is 5. The van der Waals surface area contributed by atoms with Crippen molar-refractivity contribution in [3.63, 3.8) is 0 Å². The molecule has 5 nitrogen and oxygen atoms in total. The molecule has 0 aliphatic rings. The Labute approximate surface area is 240 Å². The molecule has 0 bridgehead atoms. The van der Waals surface area contributed by atoms with Gasteiger partial charge in [-0.3, -0.25) is 0 Å². The molecule has 2 N–H and O–H groups in total. The summed E-state index contributed by atoms with van der Waals surface area (Å²) in [5.41, 5.74) is -0.996. The second kappa shape index (κ2) is 22.3. The zero-order chi connectivity index (χ0) is 29.3. The molecule has 2 aromatic carbocycles. The van der Waals surface area contributed by atoms with E-state index in [2.05, 4.69) is 56.9 Å². The third-order valence-corrected chi connectivity index (χ3v) is 4.66. The molecule has 0 radical (unpaired) electrons. The first-order valence-electron chi connectivity index (χ1n) is 10.3. The fraction of sp³-hybridized carbons (Fsp3) is 0.261. The maximum Gasteiger partial charge on any atom is 1.00 e. The minimum absolute atomic E-state index is 0. The van der Waals surface area contributed by atoms with Gasteiger partial charge in [-0.2, -0.15) is 6.42 Å². The molecule has 15 heteroatoms. The van der Waals surface area contributed by atoms with E-state index in [4.69, 9.17) is 10.0 Å². The first kappa shape index (κ1) is 41.0. The Kier molecular flexibility index (Phi) is 24.1. The average Bonchev–Trinajstić information content (AvgIpc) is 2.88. The summed E-state index contributed by atoms with van der Waals surface area (Å²) in [5.74, 6) is -8.54. The predicted octanol–water partition coefficient (Wildman–Crippen LogP) is 2.47. The van der Waals surface area contributed by atoms with Crippen LogP contribution in [0.2, 0.25) is 0 Å². The Morgan fingerprint density at radius 1 is 0.842 bits per heavy atom. The van der Waals surface area contributed by atoms with E-state index in [9.17, 15) is 26.3 Å². The molecule has 0 aliphatic heterocycles. The second-order valence-corrected chi connectivity index (χ2v) is 7.36.